The van der Waals surface area contributed by atoms with E-state index in [2.05, 4.69) is 12.2 Å². The Bertz CT molecular complexity index is 945. The Morgan fingerprint density at radius 2 is 2.04 bits per heavy atom. The van der Waals surface area contributed by atoms with Gasteiger partial charge < -0.3 is 10.2 Å². The second-order valence-electron chi connectivity index (χ2n) is 6.62. The van der Waals surface area contributed by atoms with Crippen LogP contribution >= 0.6 is 11.6 Å². The molecule has 3 rings (SSSR count). The number of nitro groups is 1. The highest BCUT2D eigenvalue weighted by molar-refractivity contribution is 6.31. The molecule has 1 heterocycles. The molecule has 0 atom stereocenters. The molecule has 28 heavy (non-hydrogen) atoms. The number of aryl methyl sites for hydroxylation is 1. The first-order valence-electron chi connectivity index (χ1n) is 9.09. The van der Waals surface area contributed by atoms with Gasteiger partial charge in [-0.2, -0.15) is 0 Å². The maximum Gasteiger partial charge on any atom is 0.282 e. The van der Waals surface area contributed by atoms with Gasteiger partial charge in [-0.25, -0.2) is 0 Å². The van der Waals surface area contributed by atoms with Gasteiger partial charge in [-0.3, -0.25) is 19.7 Å². The SMILES string of the molecule is CCCCN1C(=O)CCc2cc(NC(=O)c3cc(Cl)ccc3[N+](=O)[O-])ccc21. The van der Waals surface area contributed by atoms with Gasteiger partial charge in [-0.05, 0) is 48.7 Å². The van der Waals surface area contributed by atoms with E-state index in [4.69, 9.17) is 11.6 Å². The molecular formula is C20H20ClN3O4. The molecule has 0 saturated carbocycles. The summed E-state index contributed by atoms with van der Waals surface area (Å²) in [6.45, 7) is 2.74. The van der Waals surface area contributed by atoms with E-state index in [0.717, 1.165) is 24.1 Å². The fraction of sp³-hybridized carbons (Fsp3) is 0.300. The van der Waals surface area contributed by atoms with Crippen molar-refractivity contribution < 1.29 is 14.5 Å². The van der Waals surface area contributed by atoms with Crippen molar-refractivity contribution in [3.8, 4) is 0 Å². The lowest BCUT2D eigenvalue weighted by Gasteiger charge is -2.29. The van der Waals surface area contributed by atoms with E-state index in [1.807, 2.05) is 12.1 Å². The average molecular weight is 402 g/mol. The molecule has 0 fully saturated rings. The highest BCUT2D eigenvalue weighted by Gasteiger charge is 2.25. The molecule has 0 unspecified atom stereocenters. The van der Waals surface area contributed by atoms with Gasteiger partial charge in [0.1, 0.15) is 5.56 Å². The van der Waals surface area contributed by atoms with Crippen molar-refractivity contribution in [3.63, 3.8) is 0 Å². The van der Waals surface area contributed by atoms with Crippen molar-refractivity contribution >= 4 is 40.5 Å². The number of benzene rings is 2. The highest BCUT2D eigenvalue weighted by Crippen LogP contribution is 2.31. The second kappa shape index (κ2) is 8.39. The van der Waals surface area contributed by atoms with E-state index in [1.165, 1.54) is 18.2 Å². The quantitative estimate of drug-likeness (QED) is 0.566. The van der Waals surface area contributed by atoms with E-state index in [1.54, 1.807) is 11.0 Å². The van der Waals surface area contributed by atoms with Gasteiger partial charge >= 0.3 is 0 Å². The van der Waals surface area contributed by atoms with Crippen molar-refractivity contribution in [2.24, 2.45) is 0 Å². The third-order valence-corrected chi connectivity index (χ3v) is 4.91. The zero-order chi connectivity index (χ0) is 20.3. The molecule has 146 valence electrons. The van der Waals surface area contributed by atoms with Gasteiger partial charge in [0.05, 0.1) is 4.92 Å². The minimum atomic E-state index is -0.616. The van der Waals surface area contributed by atoms with Crippen LogP contribution in [-0.2, 0) is 11.2 Å². The molecule has 2 aromatic rings. The molecule has 2 amide bonds. The normalized spacial score (nSPS) is 13.2. The zero-order valence-corrected chi connectivity index (χ0v) is 16.2. The summed E-state index contributed by atoms with van der Waals surface area (Å²) in [7, 11) is 0. The number of rotatable bonds is 6. The number of anilines is 2. The molecule has 0 aliphatic carbocycles. The van der Waals surface area contributed by atoms with E-state index >= 15 is 0 Å². The Hall–Kier alpha value is -2.93. The number of carbonyl (C=O) groups is 2. The van der Waals surface area contributed by atoms with Crippen LogP contribution in [0.3, 0.4) is 0 Å². The summed E-state index contributed by atoms with van der Waals surface area (Å²) in [5, 5.41) is 14.1. The number of hydrogen-bond acceptors (Lipinski definition) is 4. The molecule has 8 heteroatoms. The number of nitrogens with one attached hydrogen (secondary N) is 1. The van der Waals surface area contributed by atoms with Crippen LogP contribution in [0.4, 0.5) is 17.1 Å². The van der Waals surface area contributed by atoms with Gasteiger partial charge in [-0.15, -0.1) is 0 Å². The Balaban J connectivity index is 1.85. The molecule has 7 nitrogen and oxygen atoms in total. The minimum Gasteiger partial charge on any atom is -0.322 e. The molecule has 0 radical (unpaired) electrons. The highest BCUT2D eigenvalue weighted by atomic mass is 35.5. The lowest BCUT2D eigenvalue weighted by atomic mass is 10.00. The van der Waals surface area contributed by atoms with Gasteiger partial charge in [0.25, 0.3) is 11.6 Å². The van der Waals surface area contributed by atoms with E-state index in [9.17, 15) is 19.7 Å². The summed E-state index contributed by atoms with van der Waals surface area (Å²) in [5.74, 6) is -0.504. The van der Waals surface area contributed by atoms with Crippen LogP contribution in [0.15, 0.2) is 36.4 Å². The summed E-state index contributed by atoms with van der Waals surface area (Å²) >= 11 is 5.89. The van der Waals surface area contributed by atoms with Crippen LogP contribution in [0, 0.1) is 10.1 Å². The maximum atomic E-state index is 12.6. The number of nitrogens with zero attached hydrogens (tertiary/aromatic N) is 2. The van der Waals surface area contributed by atoms with Crippen LogP contribution in [0.2, 0.25) is 5.02 Å². The van der Waals surface area contributed by atoms with Gasteiger partial charge in [0.15, 0.2) is 0 Å². The molecule has 2 aromatic carbocycles. The molecule has 1 N–H and O–H groups in total. The molecular weight excluding hydrogens is 382 g/mol. The molecule has 0 saturated heterocycles. The number of nitro benzene ring substituents is 1. The summed E-state index contributed by atoms with van der Waals surface area (Å²) < 4.78 is 0. The van der Waals surface area contributed by atoms with Crippen molar-refractivity contribution in [3.05, 3.63) is 62.7 Å². The molecule has 1 aliphatic heterocycles. The summed E-state index contributed by atoms with van der Waals surface area (Å²) in [6.07, 6.45) is 2.93. The van der Waals surface area contributed by atoms with Crippen LogP contribution in [0.5, 0.6) is 0 Å². The first-order valence-corrected chi connectivity index (χ1v) is 9.47. The predicted molar refractivity (Wildman–Crippen MR) is 108 cm³/mol. The standard InChI is InChI=1S/C20H20ClN3O4/c1-2-3-10-23-17-8-6-15(11-13(17)4-9-19(23)25)22-20(26)16-12-14(21)5-7-18(16)24(27)28/h5-8,11-12H,2-4,9-10H2,1H3,(H,22,26). The number of carbonyl (C=O) groups excluding carboxylic acids is 2. The first kappa shape index (κ1) is 19.8. The van der Waals surface area contributed by atoms with Crippen molar-refractivity contribution in [1.82, 2.24) is 0 Å². The lowest BCUT2D eigenvalue weighted by molar-refractivity contribution is -0.385. The Kier molecular flexibility index (Phi) is 5.94. The van der Waals surface area contributed by atoms with Crippen molar-refractivity contribution in [2.45, 2.75) is 32.6 Å². The number of fused-ring (bicyclic) bond motifs is 1. The van der Waals surface area contributed by atoms with Crippen molar-refractivity contribution in [1.29, 1.82) is 0 Å². The van der Waals surface area contributed by atoms with E-state index in [0.29, 0.717) is 25.1 Å². The van der Waals surface area contributed by atoms with E-state index in [-0.39, 0.29) is 22.2 Å². The monoisotopic (exact) mass is 401 g/mol. The molecule has 1 aliphatic rings. The molecule has 0 bridgehead atoms. The van der Waals surface area contributed by atoms with E-state index < -0.39 is 10.8 Å². The van der Waals surface area contributed by atoms with Crippen LogP contribution in [-0.4, -0.2) is 23.3 Å². The molecule has 0 spiro atoms. The van der Waals surface area contributed by atoms with Crippen LogP contribution in [0.1, 0.15) is 42.1 Å². The largest absolute Gasteiger partial charge is 0.322 e. The average Bonchev–Trinajstić information content (AvgIpc) is 2.67. The topological polar surface area (TPSA) is 92.6 Å². The fourth-order valence-electron chi connectivity index (χ4n) is 3.25. The maximum absolute atomic E-state index is 12.6. The van der Waals surface area contributed by atoms with Crippen molar-refractivity contribution in [2.75, 3.05) is 16.8 Å². The number of halogens is 1. The van der Waals surface area contributed by atoms with Crippen LogP contribution < -0.4 is 10.2 Å². The third kappa shape index (κ3) is 4.14. The van der Waals surface area contributed by atoms with Gasteiger partial charge in [0, 0.05) is 35.4 Å². The summed E-state index contributed by atoms with van der Waals surface area (Å²) in [6, 6.07) is 9.18. The fourth-order valence-corrected chi connectivity index (χ4v) is 3.42. The van der Waals surface area contributed by atoms with Crippen LogP contribution in [0.25, 0.3) is 0 Å². The summed E-state index contributed by atoms with van der Waals surface area (Å²) in [5.41, 5.74) is 1.93. The smallest absolute Gasteiger partial charge is 0.282 e. The Morgan fingerprint density at radius 1 is 1.25 bits per heavy atom. The number of hydrogen-bond donors (Lipinski definition) is 1. The first-order chi connectivity index (χ1) is 13.4. The summed E-state index contributed by atoms with van der Waals surface area (Å²) in [4.78, 5) is 37.2. The number of unbranched alkanes of at least 4 members (excludes halogenated alkanes) is 1. The van der Waals surface area contributed by atoms with Gasteiger partial charge in [0.2, 0.25) is 5.91 Å². The zero-order valence-electron chi connectivity index (χ0n) is 15.4. The Morgan fingerprint density at radius 3 is 2.75 bits per heavy atom. The lowest BCUT2D eigenvalue weighted by Crippen LogP contribution is -2.35. The second-order valence-corrected chi connectivity index (χ2v) is 7.05. The number of amides is 2. The van der Waals surface area contributed by atoms with Gasteiger partial charge in [-0.1, -0.05) is 24.9 Å². The Labute approximate surface area is 167 Å². The third-order valence-electron chi connectivity index (χ3n) is 4.67. The predicted octanol–water partition coefficient (Wildman–Crippen LogP) is 4.58. The minimum absolute atomic E-state index is 0.102. The molecule has 0 aromatic heterocycles.